The molecule has 0 spiro atoms. The van der Waals surface area contributed by atoms with Crippen LogP contribution in [0.5, 0.6) is 11.5 Å². The second-order valence-electron chi connectivity index (χ2n) is 4.81. The van der Waals surface area contributed by atoms with E-state index in [4.69, 9.17) is 14.7 Å². The quantitative estimate of drug-likeness (QED) is 0.735. The fourth-order valence-electron chi connectivity index (χ4n) is 2.21. The molecular weight excluding hydrogens is 276 g/mol. The number of nitrogens with zero attached hydrogens (tertiary/aromatic N) is 2. The van der Waals surface area contributed by atoms with Gasteiger partial charge in [-0.05, 0) is 17.7 Å². The average molecular weight is 290 g/mol. The van der Waals surface area contributed by atoms with Gasteiger partial charge >= 0.3 is 0 Å². The Kier molecular flexibility index (Phi) is 3.88. The lowest BCUT2D eigenvalue weighted by molar-refractivity contribution is 0.285. The van der Waals surface area contributed by atoms with Crippen LogP contribution in [0, 0.1) is 11.3 Å². The highest BCUT2D eigenvalue weighted by atomic mass is 16.5. The Labute approximate surface area is 128 Å². The van der Waals surface area contributed by atoms with Crippen LogP contribution in [0.1, 0.15) is 11.1 Å². The second-order valence-corrected chi connectivity index (χ2v) is 4.81. The second kappa shape index (κ2) is 6.15. The number of fused-ring (bicyclic) bond motifs is 1. The van der Waals surface area contributed by atoms with Crippen LogP contribution in [-0.2, 0) is 6.61 Å². The van der Waals surface area contributed by atoms with E-state index in [0.29, 0.717) is 23.7 Å². The fourth-order valence-corrected chi connectivity index (χ4v) is 2.21. The van der Waals surface area contributed by atoms with Gasteiger partial charge in [-0.25, -0.2) is 0 Å². The molecule has 4 heteroatoms. The molecule has 4 nitrogen and oxygen atoms in total. The number of nitriles is 1. The Balaban J connectivity index is 1.93. The first-order chi connectivity index (χ1) is 10.8. The molecule has 0 fully saturated rings. The van der Waals surface area contributed by atoms with Crippen LogP contribution >= 0.6 is 0 Å². The van der Waals surface area contributed by atoms with Crippen LogP contribution in [0.4, 0.5) is 0 Å². The fraction of sp³-hybridized carbons (Fsp3) is 0.111. The Bertz CT molecular complexity index is 839. The summed E-state index contributed by atoms with van der Waals surface area (Å²) in [5, 5.41) is 9.79. The van der Waals surface area contributed by atoms with Crippen molar-refractivity contribution in [3.8, 4) is 17.6 Å². The van der Waals surface area contributed by atoms with E-state index >= 15 is 0 Å². The van der Waals surface area contributed by atoms with Crippen molar-refractivity contribution in [1.82, 2.24) is 4.98 Å². The van der Waals surface area contributed by atoms with Crippen LogP contribution < -0.4 is 9.47 Å². The van der Waals surface area contributed by atoms with E-state index in [1.165, 1.54) is 0 Å². The number of benzene rings is 2. The lowest BCUT2D eigenvalue weighted by Crippen LogP contribution is -1.98. The SMILES string of the molecule is COc1cc2cc(C#N)cnc2cc1OCc1ccccc1. The maximum Gasteiger partial charge on any atom is 0.163 e. The molecule has 108 valence electrons. The highest BCUT2D eigenvalue weighted by Crippen LogP contribution is 2.32. The lowest BCUT2D eigenvalue weighted by Gasteiger charge is -2.12. The van der Waals surface area contributed by atoms with Gasteiger partial charge in [0.05, 0.1) is 18.2 Å². The number of methoxy groups -OCH3 is 1. The van der Waals surface area contributed by atoms with Gasteiger partial charge in [-0.1, -0.05) is 30.3 Å². The van der Waals surface area contributed by atoms with Crippen molar-refractivity contribution < 1.29 is 9.47 Å². The number of hydrogen-bond acceptors (Lipinski definition) is 4. The molecule has 0 aliphatic carbocycles. The zero-order valence-electron chi connectivity index (χ0n) is 12.1. The molecule has 3 aromatic rings. The average Bonchev–Trinajstić information content (AvgIpc) is 2.59. The summed E-state index contributed by atoms with van der Waals surface area (Å²) in [6, 6.07) is 17.5. The van der Waals surface area contributed by atoms with Crippen LogP contribution in [0.25, 0.3) is 10.9 Å². The van der Waals surface area contributed by atoms with Gasteiger partial charge in [0.1, 0.15) is 12.7 Å². The molecular formula is C18H14N2O2. The molecule has 0 aliphatic rings. The van der Waals surface area contributed by atoms with Crippen molar-refractivity contribution in [2.75, 3.05) is 7.11 Å². The molecule has 1 heterocycles. The predicted octanol–water partition coefficient (Wildman–Crippen LogP) is 3.69. The van der Waals surface area contributed by atoms with Crippen molar-refractivity contribution in [3.05, 3.63) is 65.9 Å². The molecule has 0 unspecified atom stereocenters. The van der Waals surface area contributed by atoms with Crippen LogP contribution in [0.2, 0.25) is 0 Å². The van der Waals surface area contributed by atoms with Crippen LogP contribution in [0.3, 0.4) is 0 Å². The Morgan fingerprint density at radius 2 is 1.91 bits per heavy atom. The number of rotatable bonds is 4. The van der Waals surface area contributed by atoms with Crippen molar-refractivity contribution in [1.29, 1.82) is 5.26 Å². The summed E-state index contributed by atoms with van der Waals surface area (Å²) in [5.41, 5.74) is 2.37. The van der Waals surface area contributed by atoms with Gasteiger partial charge in [-0.2, -0.15) is 5.26 Å². The van der Waals surface area contributed by atoms with Crippen LogP contribution in [-0.4, -0.2) is 12.1 Å². The standard InChI is InChI=1S/C18H14N2O2/c1-21-17-8-15-7-14(10-19)11-20-16(15)9-18(17)22-12-13-5-3-2-4-6-13/h2-9,11H,12H2,1H3. The Morgan fingerprint density at radius 3 is 2.64 bits per heavy atom. The molecule has 22 heavy (non-hydrogen) atoms. The van der Waals surface area contributed by atoms with Gasteiger partial charge in [0.2, 0.25) is 0 Å². The summed E-state index contributed by atoms with van der Waals surface area (Å²) in [6.45, 7) is 0.457. The minimum atomic E-state index is 0.457. The van der Waals surface area contributed by atoms with Crippen LogP contribution in [0.15, 0.2) is 54.7 Å². The first-order valence-electron chi connectivity index (χ1n) is 6.85. The lowest BCUT2D eigenvalue weighted by atomic mass is 10.1. The van der Waals surface area contributed by atoms with E-state index in [9.17, 15) is 0 Å². The number of ether oxygens (including phenoxy) is 2. The number of pyridine rings is 1. The van der Waals surface area contributed by atoms with E-state index in [0.717, 1.165) is 16.5 Å². The minimum Gasteiger partial charge on any atom is -0.493 e. The van der Waals surface area contributed by atoms with E-state index in [-0.39, 0.29) is 0 Å². The molecule has 0 amide bonds. The van der Waals surface area contributed by atoms with Crippen molar-refractivity contribution >= 4 is 10.9 Å². The maximum absolute atomic E-state index is 8.94. The highest BCUT2D eigenvalue weighted by molar-refractivity contribution is 5.83. The van der Waals surface area contributed by atoms with Crippen molar-refractivity contribution in [2.45, 2.75) is 6.61 Å². The topological polar surface area (TPSA) is 55.1 Å². The van der Waals surface area contributed by atoms with E-state index in [2.05, 4.69) is 11.1 Å². The van der Waals surface area contributed by atoms with Gasteiger partial charge in [-0.15, -0.1) is 0 Å². The summed E-state index contributed by atoms with van der Waals surface area (Å²) >= 11 is 0. The minimum absolute atomic E-state index is 0.457. The molecule has 3 rings (SSSR count). The van der Waals surface area contributed by atoms with Gasteiger partial charge in [0, 0.05) is 17.6 Å². The zero-order valence-corrected chi connectivity index (χ0v) is 12.1. The molecule has 0 bridgehead atoms. The Hall–Kier alpha value is -3.06. The monoisotopic (exact) mass is 290 g/mol. The van der Waals surface area contributed by atoms with E-state index in [1.807, 2.05) is 42.5 Å². The summed E-state index contributed by atoms with van der Waals surface area (Å²) in [4.78, 5) is 4.28. The largest absolute Gasteiger partial charge is 0.493 e. The van der Waals surface area contributed by atoms with Gasteiger partial charge in [0.25, 0.3) is 0 Å². The van der Waals surface area contributed by atoms with Crippen molar-refractivity contribution in [3.63, 3.8) is 0 Å². The molecule has 2 aromatic carbocycles. The normalized spacial score (nSPS) is 10.2. The molecule has 0 saturated carbocycles. The first kappa shape index (κ1) is 13.9. The molecule has 0 radical (unpaired) electrons. The predicted molar refractivity (Wildman–Crippen MR) is 83.8 cm³/mol. The summed E-state index contributed by atoms with van der Waals surface area (Å²) in [6.07, 6.45) is 1.55. The molecule has 0 aliphatic heterocycles. The third-order valence-electron chi connectivity index (χ3n) is 3.33. The summed E-state index contributed by atoms with van der Waals surface area (Å²) in [5.74, 6) is 1.26. The molecule has 1 aromatic heterocycles. The van der Waals surface area contributed by atoms with E-state index in [1.54, 1.807) is 19.4 Å². The third-order valence-corrected chi connectivity index (χ3v) is 3.33. The maximum atomic E-state index is 8.94. The third kappa shape index (κ3) is 2.84. The summed E-state index contributed by atoms with van der Waals surface area (Å²) < 4.78 is 11.2. The molecule has 0 atom stereocenters. The zero-order chi connectivity index (χ0) is 15.4. The smallest absolute Gasteiger partial charge is 0.163 e. The molecule has 0 saturated heterocycles. The summed E-state index contributed by atoms with van der Waals surface area (Å²) in [7, 11) is 1.60. The Morgan fingerprint density at radius 1 is 1.09 bits per heavy atom. The number of aromatic nitrogens is 1. The number of hydrogen-bond donors (Lipinski definition) is 0. The first-order valence-corrected chi connectivity index (χ1v) is 6.85. The van der Waals surface area contributed by atoms with Gasteiger partial charge in [-0.3, -0.25) is 4.98 Å². The van der Waals surface area contributed by atoms with E-state index < -0.39 is 0 Å². The van der Waals surface area contributed by atoms with Crippen molar-refractivity contribution in [2.24, 2.45) is 0 Å². The molecule has 0 N–H and O–H groups in total. The van der Waals surface area contributed by atoms with Gasteiger partial charge < -0.3 is 9.47 Å². The highest BCUT2D eigenvalue weighted by Gasteiger charge is 2.09. The van der Waals surface area contributed by atoms with Gasteiger partial charge in [0.15, 0.2) is 11.5 Å².